The Hall–Kier alpha value is -1.37. The van der Waals surface area contributed by atoms with Crippen LogP contribution < -0.4 is 5.73 Å². The number of pyridine rings is 1. The molecule has 1 aromatic heterocycles. The Labute approximate surface area is 179 Å². The summed E-state index contributed by atoms with van der Waals surface area (Å²) in [7, 11) is 0. The third-order valence-corrected chi connectivity index (χ3v) is 4.41. The normalized spacial score (nSPS) is 14.9. The highest BCUT2D eigenvalue weighted by molar-refractivity contribution is 5.86. The van der Waals surface area contributed by atoms with Crippen LogP contribution >= 0.6 is 37.2 Å². The van der Waals surface area contributed by atoms with Crippen LogP contribution in [0.5, 0.6) is 0 Å². The quantitative estimate of drug-likeness (QED) is 0.787. The second-order valence-corrected chi connectivity index (χ2v) is 6.22. The first-order valence-electron chi connectivity index (χ1n) is 8.43. The fourth-order valence-electron chi connectivity index (χ4n) is 3.04. The van der Waals surface area contributed by atoms with Gasteiger partial charge in [0.2, 0.25) is 5.91 Å². The predicted octanol–water partition coefficient (Wildman–Crippen LogP) is 2.56. The number of benzene rings is 1. The highest BCUT2D eigenvalue weighted by atomic mass is 35.5. The first-order valence-corrected chi connectivity index (χ1v) is 8.43. The van der Waals surface area contributed by atoms with Crippen LogP contribution in [-0.2, 0) is 17.8 Å². The fourth-order valence-corrected chi connectivity index (χ4v) is 3.04. The minimum atomic E-state index is -0.463. The summed E-state index contributed by atoms with van der Waals surface area (Å²) < 4.78 is 0. The molecule has 8 heteroatoms. The van der Waals surface area contributed by atoms with Gasteiger partial charge >= 0.3 is 0 Å². The summed E-state index contributed by atoms with van der Waals surface area (Å²) in [6, 6.07) is 15.4. The van der Waals surface area contributed by atoms with Crippen LogP contribution in [-0.4, -0.2) is 52.9 Å². The van der Waals surface area contributed by atoms with Gasteiger partial charge in [-0.1, -0.05) is 36.4 Å². The average Bonchev–Trinajstić information content (AvgIpc) is 2.63. The lowest BCUT2D eigenvalue weighted by atomic mass is 10.1. The molecule has 5 nitrogen and oxygen atoms in total. The molecule has 0 radical (unpaired) electrons. The molecule has 0 bridgehead atoms. The third kappa shape index (κ3) is 7.64. The van der Waals surface area contributed by atoms with Crippen molar-refractivity contribution >= 4 is 43.1 Å². The molecular weight excluding hydrogens is 407 g/mol. The molecule has 1 saturated heterocycles. The van der Waals surface area contributed by atoms with E-state index in [0.29, 0.717) is 6.42 Å². The van der Waals surface area contributed by atoms with Crippen LogP contribution in [0.15, 0.2) is 54.7 Å². The number of rotatable bonds is 5. The molecule has 27 heavy (non-hydrogen) atoms. The fraction of sp³-hybridized carbons (Fsp3) is 0.368. The topological polar surface area (TPSA) is 62.5 Å². The van der Waals surface area contributed by atoms with Gasteiger partial charge in [0.1, 0.15) is 0 Å². The van der Waals surface area contributed by atoms with Crippen molar-refractivity contribution in [3.8, 4) is 0 Å². The summed E-state index contributed by atoms with van der Waals surface area (Å²) in [5.74, 6) is 0.0522. The van der Waals surface area contributed by atoms with Gasteiger partial charge in [-0.15, -0.1) is 37.2 Å². The zero-order valence-corrected chi connectivity index (χ0v) is 17.5. The highest BCUT2D eigenvalue weighted by Gasteiger charge is 2.25. The van der Waals surface area contributed by atoms with E-state index in [1.54, 1.807) is 0 Å². The Morgan fingerprint density at radius 3 is 2.19 bits per heavy atom. The summed E-state index contributed by atoms with van der Waals surface area (Å²) >= 11 is 0. The van der Waals surface area contributed by atoms with Crippen LogP contribution in [0, 0.1) is 0 Å². The Bertz CT molecular complexity index is 653. The lowest BCUT2D eigenvalue weighted by Crippen LogP contribution is -2.53. The van der Waals surface area contributed by atoms with Gasteiger partial charge in [-0.05, 0) is 24.1 Å². The van der Waals surface area contributed by atoms with Crippen molar-refractivity contribution in [3.63, 3.8) is 0 Å². The van der Waals surface area contributed by atoms with E-state index in [0.717, 1.165) is 44.0 Å². The molecule has 1 aliphatic rings. The molecule has 0 aliphatic carbocycles. The predicted molar refractivity (Wildman–Crippen MR) is 116 cm³/mol. The van der Waals surface area contributed by atoms with Crippen LogP contribution in [0.25, 0.3) is 0 Å². The minimum Gasteiger partial charge on any atom is -0.339 e. The molecule has 0 spiro atoms. The van der Waals surface area contributed by atoms with Crippen LogP contribution in [0.3, 0.4) is 0 Å². The molecule has 2 N–H and O–H groups in total. The molecule has 2 heterocycles. The molecule has 0 unspecified atom stereocenters. The summed E-state index contributed by atoms with van der Waals surface area (Å²) in [5.41, 5.74) is 8.29. The van der Waals surface area contributed by atoms with Gasteiger partial charge in [-0.2, -0.15) is 0 Å². The SMILES string of the molecule is Cl.Cl.Cl.N[C@@H](Cc1ccccc1)C(=O)N1CCN(Cc2ccccn2)CC1. The average molecular weight is 434 g/mol. The largest absolute Gasteiger partial charge is 0.339 e. The monoisotopic (exact) mass is 432 g/mol. The second-order valence-electron chi connectivity index (χ2n) is 6.22. The van der Waals surface area contributed by atoms with E-state index in [1.807, 2.05) is 59.6 Å². The van der Waals surface area contributed by atoms with Gasteiger partial charge in [0.05, 0.1) is 11.7 Å². The van der Waals surface area contributed by atoms with E-state index in [2.05, 4.69) is 9.88 Å². The van der Waals surface area contributed by atoms with Gasteiger partial charge in [-0.3, -0.25) is 14.7 Å². The Morgan fingerprint density at radius 1 is 0.963 bits per heavy atom. The Kier molecular flexibility index (Phi) is 12.3. The Morgan fingerprint density at radius 2 is 1.59 bits per heavy atom. The number of nitrogens with zero attached hydrogens (tertiary/aromatic N) is 3. The highest BCUT2D eigenvalue weighted by Crippen LogP contribution is 2.09. The summed E-state index contributed by atoms with van der Waals surface area (Å²) in [5, 5.41) is 0. The van der Waals surface area contributed by atoms with Gasteiger partial charge in [0.15, 0.2) is 0 Å². The minimum absolute atomic E-state index is 0. The third-order valence-electron chi connectivity index (χ3n) is 4.41. The van der Waals surface area contributed by atoms with Crippen LogP contribution in [0.4, 0.5) is 0 Å². The van der Waals surface area contributed by atoms with Crippen LogP contribution in [0.1, 0.15) is 11.3 Å². The van der Waals surface area contributed by atoms with E-state index in [9.17, 15) is 4.79 Å². The van der Waals surface area contributed by atoms with Gasteiger partial charge in [-0.25, -0.2) is 0 Å². The number of piperazine rings is 1. The smallest absolute Gasteiger partial charge is 0.239 e. The zero-order chi connectivity index (χ0) is 16.8. The molecule has 1 aromatic carbocycles. The zero-order valence-electron chi connectivity index (χ0n) is 15.1. The molecular formula is C19H27Cl3N4O. The van der Waals surface area contributed by atoms with E-state index >= 15 is 0 Å². The lowest BCUT2D eigenvalue weighted by Gasteiger charge is -2.35. The molecule has 1 aliphatic heterocycles. The number of hydrogen-bond acceptors (Lipinski definition) is 4. The van der Waals surface area contributed by atoms with Crippen molar-refractivity contribution in [3.05, 3.63) is 66.0 Å². The second kappa shape index (κ2) is 12.9. The first kappa shape index (κ1) is 25.6. The number of hydrogen-bond donors (Lipinski definition) is 1. The summed E-state index contributed by atoms with van der Waals surface area (Å²) in [6.07, 6.45) is 2.41. The van der Waals surface area contributed by atoms with E-state index in [-0.39, 0.29) is 43.1 Å². The maximum atomic E-state index is 12.5. The molecule has 0 saturated carbocycles. The van der Waals surface area contributed by atoms with Gasteiger partial charge in [0.25, 0.3) is 0 Å². The molecule has 150 valence electrons. The van der Waals surface area contributed by atoms with E-state index < -0.39 is 6.04 Å². The number of nitrogens with two attached hydrogens (primary N) is 1. The number of carbonyl (C=O) groups is 1. The first-order chi connectivity index (χ1) is 11.7. The standard InChI is InChI=1S/C19H24N4O.3ClH/c20-18(14-16-6-2-1-3-7-16)19(24)23-12-10-22(11-13-23)15-17-8-4-5-9-21-17;;;/h1-9,18H,10-15,20H2;3*1H/t18-;;;/m0.../s1. The molecule has 2 aromatic rings. The van der Waals surface area contributed by atoms with Crippen molar-refractivity contribution in [2.24, 2.45) is 5.73 Å². The van der Waals surface area contributed by atoms with Crippen molar-refractivity contribution in [1.82, 2.24) is 14.8 Å². The molecule has 1 amide bonds. The van der Waals surface area contributed by atoms with Gasteiger partial charge in [0, 0.05) is 38.9 Å². The van der Waals surface area contributed by atoms with Crippen molar-refractivity contribution in [2.45, 2.75) is 19.0 Å². The number of halogens is 3. The number of carbonyl (C=O) groups excluding carboxylic acids is 1. The number of amides is 1. The van der Waals surface area contributed by atoms with Gasteiger partial charge < -0.3 is 10.6 Å². The van der Waals surface area contributed by atoms with Crippen LogP contribution in [0.2, 0.25) is 0 Å². The molecule has 3 rings (SSSR count). The van der Waals surface area contributed by atoms with E-state index in [1.165, 1.54) is 0 Å². The van der Waals surface area contributed by atoms with Crippen molar-refractivity contribution in [1.29, 1.82) is 0 Å². The Balaban J connectivity index is 0.00000225. The maximum Gasteiger partial charge on any atom is 0.239 e. The van der Waals surface area contributed by atoms with E-state index in [4.69, 9.17) is 5.73 Å². The molecule has 1 atom stereocenters. The molecule has 1 fully saturated rings. The number of aromatic nitrogens is 1. The summed E-state index contributed by atoms with van der Waals surface area (Å²) in [6.45, 7) is 4.02. The summed E-state index contributed by atoms with van der Waals surface area (Å²) in [4.78, 5) is 21.1. The maximum absolute atomic E-state index is 12.5. The lowest BCUT2D eigenvalue weighted by molar-refractivity contribution is -0.134. The van der Waals surface area contributed by atoms with Crippen molar-refractivity contribution in [2.75, 3.05) is 26.2 Å². The van der Waals surface area contributed by atoms with Crippen molar-refractivity contribution < 1.29 is 4.79 Å².